The highest BCUT2D eigenvalue weighted by atomic mass is 16.3. The van der Waals surface area contributed by atoms with Crippen LogP contribution in [0.5, 0.6) is 0 Å². The molecule has 1 aromatic heterocycles. The van der Waals surface area contributed by atoms with Crippen LogP contribution < -0.4 is 0 Å². The highest BCUT2D eigenvalue weighted by molar-refractivity contribution is 5.94. The second-order valence-corrected chi connectivity index (χ2v) is 5.66. The first-order valence-electron chi connectivity index (χ1n) is 7.97. The third-order valence-corrected chi connectivity index (χ3v) is 4.08. The van der Waals surface area contributed by atoms with Gasteiger partial charge in [0.25, 0.3) is 5.91 Å². The van der Waals surface area contributed by atoms with Crippen LogP contribution in [0.1, 0.15) is 28.4 Å². The van der Waals surface area contributed by atoms with E-state index >= 15 is 0 Å². The lowest BCUT2D eigenvalue weighted by atomic mass is 10.0. The number of aromatic nitrogens is 4. The Hall–Kier alpha value is -3.06. The van der Waals surface area contributed by atoms with Crippen molar-refractivity contribution in [3.05, 3.63) is 72.1 Å². The molecule has 3 rings (SSSR count). The SMILES string of the molecule is CN(C(=O)c1cccc(-n2cnnn2)c1)C(CCO)c1ccccc1. The summed E-state index contributed by atoms with van der Waals surface area (Å²) in [5.41, 5.74) is 2.24. The van der Waals surface area contributed by atoms with Gasteiger partial charge in [0.1, 0.15) is 6.33 Å². The summed E-state index contributed by atoms with van der Waals surface area (Å²) in [5.74, 6) is -0.128. The molecule has 3 aromatic rings. The maximum atomic E-state index is 12.9. The second-order valence-electron chi connectivity index (χ2n) is 5.66. The maximum Gasteiger partial charge on any atom is 0.254 e. The van der Waals surface area contributed by atoms with E-state index < -0.39 is 0 Å². The van der Waals surface area contributed by atoms with Crippen molar-refractivity contribution in [1.82, 2.24) is 25.1 Å². The van der Waals surface area contributed by atoms with Crippen molar-refractivity contribution in [2.45, 2.75) is 12.5 Å². The Morgan fingerprint density at radius 1 is 1.20 bits per heavy atom. The Morgan fingerprint density at radius 3 is 2.68 bits per heavy atom. The average Bonchev–Trinajstić information content (AvgIpc) is 3.20. The fourth-order valence-corrected chi connectivity index (χ4v) is 2.79. The minimum absolute atomic E-state index is 0.00183. The molecular formula is C18H19N5O2. The summed E-state index contributed by atoms with van der Waals surface area (Å²) in [7, 11) is 1.75. The first-order valence-corrected chi connectivity index (χ1v) is 7.97. The zero-order valence-electron chi connectivity index (χ0n) is 13.9. The van der Waals surface area contributed by atoms with Crippen LogP contribution in [0.15, 0.2) is 60.9 Å². The smallest absolute Gasteiger partial charge is 0.254 e. The van der Waals surface area contributed by atoms with E-state index in [1.165, 1.54) is 11.0 Å². The van der Waals surface area contributed by atoms with Gasteiger partial charge >= 0.3 is 0 Å². The molecule has 7 nitrogen and oxygen atoms in total. The topological polar surface area (TPSA) is 84.1 Å². The Balaban J connectivity index is 1.87. The van der Waals surface area contributed by atoms with E-state index in [-0.39, 0.29) is 18.6 Å². The standard InChI is InChI=1S/C18H19N5O2/c1-22(17(10-11-24)14-6-3-2-4-7-14)18(25)15-8-5-9-16(12-15)23-13-19-20-21-23/h2-9,12-13,17,24H,10-11H2,1H3. The summed E-state index contributed by atoms with van der Waals surface area (Å²) in [6.45, 7) is 0.00183. The molecule has 0 bridgehead atoms. The van der Waals surface area contributed by atoms with E-state index in [1.54, 1.807) is 30.1 Å². The van der Waals surface area contributed by atoms with Crippen molar-refractivity contribution in [2.24, 2.45) is 0 Å². The molecule has 0 spiro atoms. The van der Waals surface area contributed by atoms with Crippen LogP contribution >= 0.6 is 0 Å². The van der Waals surface area contributed by atoms with Gasteiger partial charge in [-0.25, -0.2) is 4.68 Å². The van der Waals surface area contributed by atoms with Crippen molar-refractivity contribution in [3.63, 3.8) is 0 Å². The van der Waals surface area contributed by atoms with Crippen molar-refractivity contribution in [2.75, 3.05) is 13.7 Å². The van der Waals surface area contributed by atoms with Gasteiger partial charge in [-0.3, -0.25) is 4.79 Å². The van der Waals surface area contributed by atoms with Crippen LogP contribution in [-0.2, 0) is 0 Å². The fraction of sp³-hybridized carbons (Fsp3) is 0.222. The third-order valence-electron chi connectivity index (χ3n) is 4.08. The molecule has 0 aliphatic heterocycles. The molecule has 7 heteroatoms. The number of hydrogen-bond donors (Lipinski definition) is 1. The van der Waals surface area contributed by atoms with Gasteiger partial charge in [0.15, 0.2) is 0 Å². The number of hydrogen-bond acceptors (Lipinski definition) is 5. The van der Waals surface area contributed by atoms with Gasteiger partial charge in [0.2, 0.25) is 0 Å². The molecule has 1 atom stereocenters. The lowest BCUT2D eigenvalue weighted by Gasteiger charge is -2.28. The summed E-state index contributed by atoms with van der Waals surface area (Å²) in [6.07, 6.45) is 1.95. The number of aliphatic hydroxyl groups is 1. The second kappa shape index (κ2) is 7.67. The third kappa shape index (κ3) is 3.72. The normalized spacial score (nSPS) is 11.9. The molecule has 0 aliphatic carbocycles. The molecule has 0 saturated carbocycles. The summed E-state index contributed by atoms with van der Waals surface area (Å²) in [6, 6.07) is 16.6. The number of rotatable bonds is 6. The van der Waals surface area contributed by atoms with Gasteiger partial charge in [-0.1, -0.05) is 36.4 Å². The highest BCUT2D eigenvalue weighted by Crippen LogP contribution is 2.24. The van der Waals surface area contributed by atoms with Crippen LogP contribution in [-0.4, -0.2) is 49.8 Å². The minimum Gasteiger partial charge on any atom is -0.396 e. The highest BCUT2D eigenvalue weighted by Gasteiger charge is 2.22. The molecule has 1 unspecified atom stereocenters. The molecule has 0 aliphatic rings. The van der Waals surface area contributed by atoms with Gasteiger partial charge in [-0.05, 0) is 40.6 Å². The number of tetrazole rings is 1. The minimum atomic E-state index is -0.199. The van der Waals surface area contributed by atoms with Crippen molar-refractivity contribution < 1.29 is 9.90 Å². The van der Waals surface area contributed by atoms with Crippen LogP contribution in [0.2, 0.25) is 0 Å². The monoisotopic (exact) mass is 337 g/mol. The van der Waals surface area contributed by atoms with Gasteiger partial charge in [-0.2, -0.15) is 0 Å². The molecule has 1 N–H and O–H groups in total. The Morgan fingerprint density at radius 2 is 2.00 bits per heavy atom. The lowest BCUT2D eigenvalue weighted by Crippen LogP contribution is -2.32. The zero-order chi connectivity index (χ0) is 17.6. The van der Waals surface area contributed by atoms with Crippen LogP contribution in [0, 0.1) is 0 Å². The summed E-state index contributed by atoms with van der Waals surface area (Å²) in [5, 5.41) is 20.5. The Labute approximate surface area is 145 Å². The van der Waals surface area contributed by atoms with Crippen LogP contribution in [0.4, 0.5) is 0 Å². The van der Waals surface area contributed by atoms with Crippen molar-refractivity contribution in [3.8, 4) is 5.69 Å². The molecule has 1 amide bonds. The number of amides is 1. The number of carbonyl (C=O) groups excluding carboxylic acids is 1. The molecule has 1 heterocycles. The summed E-state index contributed by atoms with van der Waals surface area (Å²) in [4.78, 5) is 14.6. The summed E-state index contributed by atoms with van der Waals surface area (Å²) < 4.78 is 1.50. The van der Waals surface area contributed by atoms with Crippen LogP contribution in [0.3, 0.4) is 0 Å². The molecule has 128 valence electrons. The van der Waals surface area contributed by atoms with E-state index in [0.717, 1.165) is 5.56 Å². The molecule has 2 aromatic carbocycles. The predicted molar refractivity (Wildman–Crippen MR) is 92.1 cm³/mol. The lowest BCUT2D eigenvalue weighted by molar-refractivity contribution is 0.0705. The molecule has 0 fully saturated rings. The van der Waals surface area contributed by atoms with Gasteiger partial charge in [-0.15, -0.1) is 5.10 Å². The Bertz CT molecular complexity index is 821. The van der Waals surface area contributed by atoms with Crippen molar-refractivity contribution in [1.29, 1.82) is 0 Å². The Kier molecular flexibility index (Phi) is 5.15. The number of aliphatic hydroxyl groups excluding tert-OH is 1. The van der Waals surface area contributed by atoms with Gasteiger partial charge < -0.3 is 10.0 Å². The van der Waals surface area contributed by atoms with E-state index in [2.05, 4.69) is 15.5 Å². The summed E-state index contributed by atoms with van der Waals surface area (Å²) >= 11 is 0. The first-order chi connectivity index (χ1) is 12.2. The van der Waals surface area contributed by atoms with Crippen molar-refractivity contribution >= 4 is 5.91 Å². The fourth-order valence-electron chi connectivity index (χ4n) is 2.79. The van der Waals surface area contributed by atoms with E-state index in [1.807, 2.05) is 36.4 Å². The maximum absolute atomic E-state index is 12.9. The average molecular weight is 337 g/mol. The number of carbonyl (C=O) groups is 1. The largest absolute Gasteiger partial charge is 0.396 e. The van der Waals surface area contributed by atoms with Gasteiger partial charge in [0, 0.05) is 19.2 Å². The van der Waals surface area contributed by atoms with Gasteiger partial charge in [0.05, 0.1) is 11.7 Å². The van der Waals surface area contributed by atoms with E-state index in [0.29, 0.717) is 17.7 Å². The van der Waals surface area contributed by atoms with E-state index in [4.69, 9.17) is 0 Å². The molecule has 25 heavy (non-hydrogen) atoms. The predicted octanol–water partition coefficient (Wildman–Crippen LogP) is 1.86. The van der Waals surface area contributed by atoms with Crippen LogP contribution in [0.25, 0.3) is 5.69 Å². The molecule has 0 saturated heterocycles. The number of nitrogens with zero attached hydrogens (tertiary/aromatic N) is 5. The van der Waals surface area contributed by atoms with E-state index in [9.17, 15) is 9.90 Å². The number of benzene rings is 2. The first kappa shape index (κ1) is 16.8. The molecule has 0 radical (unpaired) electrons. The molecular weight excluding hydrogens is 318 g/mol. The quantitative estimate of drug-likeness (QED) is 0.742. The zero-order valence-corrected chi connectivity index (χ0v) is 13.9.